The molecule has 23 heavy (non-hydrogen) atoms. The van der Waals surface area contributed by atoms with E-state index in [0.29, 0.717) is 24.1 Å². The molecule has 0 aliphatic heterocycles. The number of carbonyl (C=O) groups is 1. The molecule has 0 bridgehead atoms. The van der Waals surface area contributed by atoms with Gasteiger partial charge in [-0.15, -0.1) is 0 Å². The third kappa shape index (κ3) is 6.60. The monoisotopic (exact) mass is 340 g/mol. The summed E-state index contributed by atoms with van der Waals surface area (Å²) in [5, 5.41) is 2.80. The van der Waals surface area contributed by atoms with Crippen LogP contribution in [0.5, 0.6) is 0 Å². The largest absolute Gasteiger partial charge is 0.356 e. The summed E-state index contributed by atoms with van der Waals surface area (Å²) < 4.78 is 25.3. The van der Waals surface area contributed by atoms with E-state index in [0.717, 1.165) is 11.8 Å². The summed E-state index contributed by atoms with van der Waals surface area (Å²) >= 11 is 0. The highest BCUT2D eigenvalue weighted by atomic mass is 32.2. The fourth-order valence-corrected chi connectivity index (χ4v) is 3.05. The molecule has 1 aromatic rings. The van der Waals surface area contributed by atoms with Crippen LogP contribution in [0.1, 0.15) is 45.6 Å². The minimum atomic E-state index is -3.42. The summed E-state index contributed by atoms with van der Waals surface area (Å²) in [7, 11) is -3.42. The maximum absolute atomic E-state index is 12.0. The van der Waals surface area contributed by atoms with Crippen molar-refractivity contribution in [3.63, 3.8) is 0 Å². The van der Waals surface area contributed by atoms with Crippen molar-refractivity contribution in [2.24, 2.45) is 5.92 Å². The number of amides is 1. The number of nitrogens with zero attached hydrogens (tertiary/aromatic N) is 1. The van der Waals surface area contributed by atoms with E-state index in [1.165, 1.54) is 4.31 Å². The Balaban J connectivity index is 2.80. The summed E-state index contributed by atoms with van der Waals surface area (Å²) in [4.78, 5) is 11.8. The fourth-order valence-electron chi connectivity index (χ4n) is 2.12. The molecular formula is C17H28N2O3S. The molecule has 0 atom stereocenters. The predicted molar refractivity (Wildman–Crippen MR) is 95.2 cm³/mol. The highest BCUT2D eigenvalue weighted by Gasteiger charge is 2.18. The van der Waals surface area contributed by atoms with Crippen molar-refractivity contribution < 1.29 is 13.2 Å². The van der Waals surface area contributed by atoms with Gasteiger partial charge in [0.15, 0.2) is 0 Å². The van der Waals surface area contributed by atoms with Gasteiger partial charge in [0.05, 0.1) is 11.9 Å². The summed E-state index contributed by atoms with van der Waals surface area (Å²) in [5.74, 6) is 0.622. The molecule has 1 aromatic carbocycles. The van der Waals surface area contributed by atoms with Gasteiger partial charge in [-0.2, -0.15) is 0 Å². The Labute approximate surface area is 140 Å². The normalized spacial score (nSPS) is 11.8. The average molecular weight is 340 g/mol. The molecule has 0 saturated carbocycles. The number of sulfonamides is 1. The first-order valence-electron chi connectivity index (χ1n) is 7.95. The van der Waals surface area contributed by atoms with Gasteiger partial charge in [-0.3, -0.25) is 9.10 Å². The Bertz CT molecular complexity index is 607. The van der Waals surface area contributed by atoms with E-state index in [4.69, 9.17) is 0 Å². The molecule has 0 heterocycles. The lowest BCUT2D eigenvalue weighted by Crippen LogP contribution is -2.35. The summed E-state index contributed by atoms with van der Waals surface area (Å²) in [6.45, 7) is 8.94. The quantitative estimate of drug-likeness (QED) is 0.791. The first kappa shape index (κ1) is 19.5. The molecule has 0 aliphatic carbocycles. The molecule has 0 spiro atoms. The number of nitrogens with one attached hydrogen (secondary N) is 1. The number of hydrogen-bond donors (Lipinski definition) is 1. The predicted octanol–water partition coefficient (Wildman–Crippen LogP) is 2.74. The molecule has 0 unspecified atom stereocenters. The average Bonchev–Trinajstić information content (AvgIpc) is 2.44. The minimum absolute atomic E-state index is 0.133. The van der Waals surface area contributed by atoms with Crippen LogP contribution < -0.4 is 9.62 Å². The van der Waals surface area contributed by atoms with Gasteiger partial charge in [0.2, 0.25) is 15.9 Å². The van der Waals surface area contributed by atoms with Crippen LogP contribution in [0.25, 0.3) is 0 Å². The SMILES string of the molecule is CC(C)CNC(=O)CCN(c1ccc(C(C)C)cc1)S(C)(=O)=O. The lowest BCUT2D eigenvalue weighted by molar-refractivity contribution is -0.121. The van der Waals surface area contributed by atoms with E-state index in [2.05, 4.69) is 19.2 Å². The van der Waals surface area contributed by atoms with Crippen LogP contribution in [0, 0.1) is 5.92 Å². The van der Waals surface area contributed by atoms with Crippen LogP contribution in [0.2, 0.25) is 0 Å². The Morgan fingerprint density at radius 1 is 1.13 bits per heavy atom. The molecule has 0 saturated heterocycles. The highest BCUT2D eigenvalue weighted by molar-refractivity contribution is 7.92. The van der Waals surface area contributed by atoms with E-state index >= 15 is 0 Å². The number of carbonyl (C=O) groups excluding carboxylic acids is 1. The van der Waals surface area contributed by atoms with E-state index in [1.807, 2.05) is 26.0 Å². The Hall–Kier alpha value is -1.56. The third-order valence-electron chi connectivity index (χ3n) is 3.50. The van der Waals surface area contributed by atoms with Gasteiger partial charge in [0.25, 0.3) is 0 Å². The highest BCUT2D eigenvalue weighted by Crippen LogP contribution is 2.22. The summed E-state index contributed by atoms with van der Waals surface area (Å²) in [6, 6.07) is 7.44. The molecule has 6 heteroatoms. The fraction of sp³-hybridized carbons (Fsp3) is 0.588. The van der Waals surface area contributed by atoms with Crippen LogP contribution in [0.15, 0.2) is 24.3 Å². The molecule has 1 N–H and O–H groups in total. The summed E-state index contributed by atoms with van der Waals surface area (Å²) in [6.07, 6.45) is 1.31. The van der Waals surface area contributed by atoms with Gasteiger partial charge in [-0.05, 0) is 29.5 Å². The van der Waals surface area contributed by atoms with Crippen molar-refractivity contribution in [1.82, 2.24) is 5.32 Å². The number of anilines is 1. The van der Waals surface area contributed by atoms with E-state index in [-0.39, 0.29) is 18.9 Å². The van der Waals surface area contributed by atoms with Crippen LogP contribution in [0.4, 0.5) is 5.69 Å². The molecule has 1 amide bonds. The van der Waals surface area contributed by atoms with Crippen molar-refractivity contribution in [3.8, 4) is 0 Å². The van der Waals surface area contributed by atoms with Gasteiger partial charge < -0.3 is 5.32 Å². The van der Waals surface area contributed by atoms with Crippen LogP contribution in [-0.4, -0.2) is 33.7 Å². The third-order valence-corrected chi connectivity index (χ3v) is 4.69. The molecule has 0 fully saturated rings. The first-order valence-corrected chi connectivity index (χ1v) is 9.80. The molecule has 5 nitrogen and oxygen atoms in total. The zero-order chi connectivity index (χ0) is 17.6. The standard InChI is InChI=1S/C17H28N2O3S/c1-13(2)12-18-17(20)10-11-19(23(5,21)22)16-8-6-15(7-9-16)14(3)4/h6-9,13-14H,10-12H2,1-5H3,(H,18,20). The van der Waals surface area contributed by atoms with E-state index in [1.54, 1.807) is 12.1 Å². The number of hydrogen-bond acceptors (Lipinski definition) is 3. The first-order chi connectivity index (χ1) is 10.6. The topological polar surface area (TPSA) is 66.5 Å². The molecule has 0 radical (unpaired) electrons. The minimum Gasteiger partial charge on any atom is -0.356 e. The van der Waals surface area contributed by atoms with Crippen molar-refractivity contribution >= 4 is 21.6 Å². The molecule has 0 aromatic heterocycles. The zero-order valence-corrected chi connectivity index (χ0v) is 15.5. The van der Waals surface area contributed by atoms with Gasteiger partial charge in [0, 0.05) is 19.5 Å². The van der Waals surface area contributed by atoms with Crippen LogP contribution in [-0.2, 0) is 14.8 Å². The maximum Gasteiger partial charge on any atom is 0.232 e. The second kappa shape index (κ2) is 8.34. The van der Waals surface area contributed by atoms with E-state index < -0.39 is 10.0 Å². The number of rotatable bonds is 8. The second-order valence-corrected chi connectivity index (χ2v) is 8.44. The van der Waals surface area contributed by atoms with Crippen molar-refractivity contribution in [3.05, 3.63) is 29.8 Å². The second-order valence-electron chi connectivity index (χ2n) is 6.53. The van der Waals surface area contributed by atoms with E-state index in [9.17, 15) is 13.2 Å². The lowest BCUT2D eigenvalue weighted by atomic mass is 10.0. The van der Waals surface area contributed by atoms with Crippen molar-refractivity contribution in [2.75, 3.05) is 23.7 Å². The maximum atomic E-state index is 12.0. The summed E-state index contributed by atoms with van der Waals surface area (Å²) in [5.41, 5.74) is 1.74. The smallest absolute Gasteiger partial charge is 0.232 e. The van der Waals surface area contributed by atoms with Gasteiger partial charge >= 0.3 is 0 Å². The Kier molecular flexibility index (Phi) is 7.06. The molecule has 130 valence electrons. The van der Waals surface area contributed by atoms with Crippen molar-refractivity contribution in [2.45, 2.75) is 40.0 Å². The molecular weight excluding hydrogens is 312 g/mol. The van der Waals surface area contributed by atoms with Crippen LogP contribution in [0.3, 0.4) is 0 Å². The van der Waals surface area contributed by atoms with Gasteiger partial charge in [0.1, 0.15) is 0 Å². The molecule has 0 aliphatic rings. The lowest BCUT2D eigenvalue weighted by Gasteiger charge is -2.23. The zero-order valence-electron chi connectivity index (χ0n) is 14.7. The Morgan fingerprint density at radius 2 is 1.70 bits per heavy atom. The van der Waals surface area contributed by atoms with Gasteiger partial charge in [-0.1, -0.05) is 39.8 Å². The number of benzene rings is 1. The molecule has 1 rings (SSSR count). The van der Waals surface area contributed by atoms with Crippen molar-refractivity contribution in [1.29, 1.82) is 0 Å². The van der Waals surface area contributed by atoms with Gasteiger partial charge in [-0.25, -0.2) is 8.42 Å². The van der Waals surface area contributed by atoms with Crippen LogP contribution >= 0.6 is 0 Å². The Morgan fingerprint density at radius 3 is 2.13 bits per heavy atom.